The Kier molecular flexibility index (Phi) is 2.83. The van der Waals surface area contributed by atoms with Gasteiger partial charge in [0.1, 0.15) is 5.58 Å². The van der Waals surface area contributed by atoms with E-state index >= 15 is 0 Å². The molecule has 0 radical (unpaired) electrons. The SMILES string of the molecule is Cc1cc(C(=O)c2cc3ccccc3o2)c2cccccc1-2. The standard InChI is InChI=1S/C20H14O2/c1-13-11-17(16-9-4-2-3-8-15(13)16)20(21)19-12-14-7-5-6-10-18(14)22-19/h2-12H,1H3. The summed E-state index contributed by atoms with van der Waals surface area (Å²) >= 11 is 0. The van der Waals surface area contributed by atoms with Crippen LogP contribution >= 0.6 is 0 Å². The van der Waals surface area contributed by atoms with Crippen molar-refractivity contribution in [3.05, 3.63) is 83.6 Å². The van der Waals surface area contributed by atoms with Crippen LogP contribution in [0.25, 0.3) is 22.1 Å². The van der Waals surface area contributed by atoms with Gasteiger partial charge in [0.15, 0.2) is 5.76 Å². The van der Waals surface area contributed by atoms with E-state index in [1.807, 2.05) is 73.7 Å². The van der Waals surface area contributed by atoms with Crippen molar-refractivity contribution in [2.75, 3.05) is 0 Å². The van der Waals surface area contributed by atoms with Crippen LogP contribution in [-0.2, 0) is 0 Å². The van der Waals surface area contributed by atoms with Gasteiger partial charge in [0.05, 0.1) is 0 Å². The van der Waals surface area contributed by atoms with Crippen LogP contribution < -0.4 is 0 Å². The zero-order valence-electron chi connectivity index (χ0n) is 12.2. The highest BCUT2D eigenvalue weighted by atomic mass is 16.3. The minimum Gasteiger partial charge on any atom is -0.453 e. The molecule has 0 aliphatic heterocycles. The molecular weight excluding hydrogens is 272 g/mol. The van der Waals surface area contributed by atoms with E-state index in [0.717, 1.165) is 27.7 Å². The Bertz CT molecular complexity index is 929. The summed E-state index contributed by atoms with van der Waals surface area (Å²) in [5.41, 5.74) is 4.61. The van der Waals surface area contributed by atoms with Crippen molar-refractivity contribution in [1.82, 2.24) is 0 Å². The Labute approximate surface area is 128 Å². The van der Waals surface area contributed by atoms with Crippen LogP contribution in [0.4, 0.5) is 0 Å². The Morgan fingerprint density at radius 2 is 1.59 bits per heavy atom. The van der Waals surface area contributed by atoms with Crippen molar-refractivity contribution in [3.63, 3.8) is 0 Å². The van der Waals surface area contributed by atoms with Crippen LogP contribution in [0.1, 0.15) is 21.7 Å². The molecule has 22 heavy (non-hydrogen) atoms. The minimum atomic E-state index is -0.0690. The largest absolute Gasteiger partial charge is 0.453 e. The lowest BCUT2D eigenvalue weighted by molar-refractivity contribution is 0.101. The molecule has 0 spiro atoms. The van der Waals surface area contributed by atoms with E-state index in [9.17, 15) is 4.79 Å². The van der Waals surface area contributed by atoms with Crippen molar-refractivity contribution in [1.29, 1.82) is 0 Å². The lowest BCUT2D eigenvalue weighted by Crippen LogP contribution is -1.98. The van der Waals surface area contributed by atoms with Crippen molar-refractivity contribution in [2.24, 2.45) is 0 Å². The number of carbonyl (C=O) groups excluding carboxylic acids is 1. The van der Waals surface area contributed by atoms with E-state index in [2.05, 4.69) is 0 Å². The predicted octanol–water partition coefficient (Wildman–Crippen LogP) is 5.08. The third-order valence-electron chi connectivity index (χ3n) is 4.01. The number of rotatable bonds is 2. The summed E-state index contributed by atoms with van der Waals surface area (Å²) in [7, 11) is 0. The molecule has 0 bridgehead atoms. The Morgan fingerprint density at radius 3 is 2.41 bits per heavy atom. The molecule has 2 aliphatic carbocycles. The van der Waals surface area contributed by atoms with Crippen LogP contribution in [0.2, 0.25) is 0 Å². The molecule has 0 saturated carbocycles. The van der Waals surface area contributed by atoms with Crippen LogP contribution in [-0.4, -0.2) is 5.78 Å². The first kappa shape index (κ1) is 12.8. The summed E-state index contributed by atoms with van der Waals surface area (Å²) in [4.78, 5) is 12.9. The molecule has 1 aromatic carbocycles. The first-order valence-electron chi connectivity index (χ1n) is 7.26. The first-order chi connectivity index (χ1) is 10.7. The van der Waals surface area contributed by atoms with E-state index < -0.39 is 0 Å². The molecule has 0 unspecified atom stereocenters. The van der Waals surface area contributed by atoms with Gasteiger partial charge in [-0.05, 0) is 41.8 Å². The van der Waals surface area contributed by atoms with Gasteiger partial charge in [-0.2, -0.15) is 0 Å². The smallest absolute Gasteiger partial charge is 0.228 e. The molecule has 1 heterocycles. The lowest BCUT2D eigenvalue weighted by atomic mass is 10.0. The van der Waals surface area contributed by atoms with Gasteiger partial charge in [-0.3, -0.25) is 4.79 Å². The fraction of sp³-hybridized carbons (Fsp3) is 0.0500. The summed E-state index contributed by atoms with van der Waals surface area (Å²) in [6.07, 6.45) is 0. The number of hydrogen-bond donors (Lipinski definition) is 0. The molecule has 0 saturated heterocycles. The van der Waals surface area contributed by atoms with Crippen molar-refractivity contribution >= 4 is 16.8 Å². The summed E-state index contributed by atoms with van der Waals surface area (Å²) in [5.74, 6) is 0.320. The fourth-order valence-corrected chi connectivity index (χ4v) is 2.91. The fourth-order valence-electron chi connectivity index (χ4n) is 2.91. The van der Waals surface area contributed by atoms with Gasteiger partial charge < -0.3 is 4.42 Å². The summed E-state index contributed by atoms with van der Waals surface area (Å²) in [5, 5.41) is 0.948. The van der Waals surface area contributed by atoms with Gasteiger partial charge in [-0.25, -0.2) is 0 Å². The number of carbonyl (C=O) groups is 1. The third-order valence-corrected chi connectivity index (χ3v) is 4.01. The highest BCUT2D eigenvalue weighted by Gasteiger charge is 2.21. The molecule has 2 aliphatic rings. The van der Waals surface area contributed by atoms with Gasteiger partial charge >= 0.3 is 0 Å². The maximum atomic E-state index is 12.9. The molecule has 106 valence electrons. The van der Waals surface area contributed by atoms with E-state index in [0.29, 0.717) is 11.3 Å². The van der Waals surface area contributed by atoms with Gasteiger partial charge in [-0.1, -0.05) is 48.5 Å². The summed E-state index contributed by atoms with van der Waals surface area (Å²) in [6, 6.07) is 21.4. The molecular formula is C20H14O2. The zero-order valence-corrected chi connectivity index (χ0v) is 12.2. The van der Waals surface area contributed by atoms with Gasteiger partial charge in [0.25, 0.3) is 0 Å². The molecule has 2 nitrogen and oxygen atoms in total. The number of benzene rings is 1. The Hall–Kier alpha value is -2.87. The van der Waals surface area contributed by atoms with Crippen molar-refractivity contribution in [2.45, 2.75) is 6.92 Å². The number of ketones is 1. The third kappa shape index (κ3) is 1.92. The normalized spacial score (nSPS) is 11.1. The molecule has 0 N–H and O–H groups in total. The number of para-hydroxylation sites is 1. The average molecular weight is 286 g/mol. The van der Waals surface area contributed by atoms with Gasteiger partial charge in [-0.15, -0.1) is 0 Å². The monoisotopic (exact) mass is 286 g/mol. The second-order valence-corrected chi connectivity index (χ2v) is 5.46. The van der Waals surface area contributed by atoms with E-state index in [1.165, 1.54) is 0 Å². The van der Waals surface area contributed by atoms with Crippen LogP contribution in [0.5, 0.6) is 0 Å². The first-order valence-corrected chi connectivity index (χ1v) is 7.26. The van der Waals surface area contributed by atoms with Crippen molar-refractivity contribution in [3.8, 4) is 11.1 Å². The minimum absolute atomic E-state index is 0.0690. The van der Waals surface area contributed by atoms with E-state index in [4.69, 9.17) is 4.42 Å². The average Bonchev–Trinajstić information content (AvgIpc) is 2.99. The van der Waals surface area contributed by atoms with Crippen molar-refractivity contribution < 1.29 is 9.21 Å². The van der Waals surface area contributed by atoms with Crippen LogP contribution in [0, 0.1) is 6.92 Å². The molecule has 0 fully saturated rings. The number of aryl methyl sites for hydroxylation is 1. The van der Waals surface area contributed by atoms with E-state index in [-0.39, 0.29) is 5.78 Å². The predicted molar refractivity (Wildman–Crippen MR) is 87.4 cm³/mol. The number of furan rings is 1. The molecule has 2 aromatic rings. The van der Waals surface area contributed by atoms with Gasteiger partial charge in [0, 0.05) is 10.9 Å². The quantitative estimate of drug-likeness (QED) is 0.481. The lowest BCUT2D eigenvalue weighted by Gasteiger charge is -1.98. The second-order valence-electron chi connectivity index (χ2n) is 5.46. The molecule has 4 rings (SSSR count). The summed E-state index contributed by atoms with van der Waals surface area (Å²) < 4.78 is 5.72. The number of hydrogen-bond acceptors (Lipinski definition) is 2. The zero-order chi connectivity index (χ0) is 15.1. The maximum absolute atomic E-state index is 12.9. The molecule has 0 atom stereocenters. The molecule has 1 aromatic heterocycles. The highest BCUT2D eigenvalue weighted by molar-refractivity contribution is 6.13. The topological polar surface area (TPSA) is 30.2 Å². The maximum Gasteiger partial charge on any atom is 0.228 e. The number of fused-ring (bicyclic) bond motifs is 2. The van der Waals surface area contributed by atoms with Gasteiger partial charge in [0.2, 0.25) is 5.78 Å². The summed E-state index contributed by atoms with van der Waals surface area (Å²) in [6.45, 7) is 2.03. The molecule has 2 heteroatoms. The Morgan fingerprint density at radius 1 is 0.864 bits per heavy atom. The van der Waals surface area contributed by atoms with Crippen LogP contribution in [0.15, 0.2) is 71.1 Å². The Balaban J connectivity index is 1.87. The van der Waals surface area contributed by atoms with Crippen LogP contribution in [0.3, 0.4) is 0 Å². The molecule has 0 amide bonds. The van der Waals surface area contributed by atoms with E-state index in [1.54, 1.807) is 0 Å². The second kappa shape index (κ2) is 4.85. The highest BCUT2D eigenvalue weighted by Crippen LogP contribution is 2.33.